The SMILES string of the molecule is CCC1CCN(Cc2cccc(C#CCO)c2)CC1. The Hall–Kier alpha value is -1.30. The van der Waals surface area contributed by atoms with Gasteiger partial charge in [-0.25, -0.2) is 0 Å². The minimum absolute atomic E-state index is 0.0746. The van der Waals surface area contributed by atoms with E-state index in [1.807, 2.05) is 6.07 Å². The van der Waals surface area contributed by atoms with Crippen LogP contribution in [0.1, 0.15) is 37.3 Å². The first-order valence-electron chi connectivity index (χ1n) is 7.23. The van der Waals surface area contributed by atoms with E-state index in [1.165, 1.54) is 37.9 Å². The van der Waals surface area contributed by atoms with Gasteiger partial charge in [0.1, 0.15) is 6.61 Å². The van der Waals surface area contributed by atoms with Crippen LogP contribution < -0.4 is 0 Å². The van der Waals surface area contributed by atoms with E-state index in [0.29, 0.717) is 0 Å². The van der Waals surface area contributed by atoms with Crippen LogP contribution >= 0.6 is 0 Å². The molecule has 0 unspecified atom stereocenters. The Balaban J connectivity index is 1.92. The zero-order valence-corrected chi connectivity index (χ0v) is 11.7. The van der Waals surface area contributed by atoms with Gasteiger partial charge in [0, 0.05) is 12.1 Å². The highest BCUT2D eigenvalue weighted by Gasteiger charge is 2.17. The Labute approximate surface area is 116 Å². The molecule has 19 heavy (non-hydrogen) atoms. The van der Waals surface area contributed by atoms with Gasteiger partial charge in [-0.3, -0.25) is 4.90 Å². The van der Waals surface area contributed by atoms with Gasteiger partial charge in [-0.1, -0.05) is 37.3 Å². The second kappa shape index (κ2) is 7.33. The van der Waals surface area contributed by atoms with Crippen LogP contribution in [0.2, 0.25) is 0 Å². The van der Waals surface area contributed by atoms with Crippen LogP contribution in [-0.4, -0.2) is 29.7 Å². The van der Waals surface area contributed by atoms with E-state index < -0.39 is 0 Å². The molecule has 1 aromatic carbocycles. The van der Waals surface area contributed by atoms with Gasteiger partial charge in [-0.15, -0.1) is 0 Å². The molecule has 0 amide bonds. The van der Waals surface area contributed by atoms with E-state index in [4.69, 9.17) is 5.11 Å². The molecule has 2 rings (SSSR count). The number of hydrogen-bond acceptors (Lipinski definition) is 2. The van der Waals surface area contributed by atoms with E-state index in [0.717, 1.165) is 18.0 Å². The third-order valence-corrected chi connectivity index (χ3v) is 3.93. The van der Waals surface area contributed by atoms with Crippen LogP contribution in [0.5, 0.6) is 0 Å². The summed E-state index contributed by atoms with van der Waals surface area (Å²) in [5.41, 5.74) is 2.31. The molecule has 0 atom stereocenters. The number of aliphatic hydroxyl groups excluding tert-OH is 1. The third kappa shape index (κ3) is 4.38. The summed E-state index contributed by atoms with van der Waals surface area (Å²) < 4.78 is 0. The summed E-state index contributed by atoms with van der Waals surface area (Å²) in [7, 11) is 0. The lowest BCUT2D eigenvalue weighted by Crippen LogP contribution is -2.32. The van der Waals surface area contributed by atoms with Crippen LogP contribution in [0, 0.1) is 17.8 Å². The second-order valence-corrected chi connectivity index (χ2v) is 5.29. The highest BCUT2D eigenvalue weighted by atomic mass is 16.2. The number of likely N-dealkylation sites (tertiary alicyclic amines) is 1. The Kier molecular flexibility index (Phi) is 5.44. The summed E-state index contributed by atoms with van der Waals surface area (Å²) in [5.74, 6) is 6.60. The van der Waals surface area contributed by atoms with Crippen molar-refractivity contribution in [1.29, 1.82) is 0 Å². The topological polar surface area (TPSA) is 23.5 Å². The van der Waals surface area contributed by atoms with E-state index >= 15 is 0 Å². The molecule has 102 valence electrons. The average Bonchev–Trinajstić information content (AvgIpc) is 2.46. The standard InChI is InChI=1S/C17H23NO/c1-2-15-8-10-18(11-9-15)14-17-6-3-5-16(13-17)7-4-12-19/h3,5-6,13,15,19H,2,8-12,14H2,1H3. The molecule has 1 N–H and O–H groups in total. The Morgan fingerprint density at radius 3 is 2.79 bits per heavy atom. The van der Waals surface area contributed by atoms with Crippen molar-refractivity contribution in [3.8, 4) is 11.8 Å². The molecule has 0 spiro atoms. The fourth-order valence-corrected chi connectivity index (χ4v) is 2.70. The number of piperidine rings is 1. The number of hydrogen-bond donors (Lipinski definition) is 1. The lowest BCUT2D eigenvalue weighted by molar-refractivity contribution is 0.175. The molecular weight excluding hydrogens is 234 g/mol. The van der Waals surface area contributed by atoms with Crippen LogP contribution in [0.3, 0.4) is 0 Å². The van der Waals surface area contributed by atoms with Gasteiger partial charge in [0.15, 0.2) is 0 Å². The first kappa shape index (κ1) is 14.1. The predicted molar refractivity (Wildman–Crippen MR) is 78.7 cm³/mol. The first-order chi connectivity index (χ1) is 9.31. The van der Waals surface area contributed by atoms with Gasteiger partial charge >= 0.3 is 0 Å². The molecule has 0 bridgehead atoms. The summed E-state index contributed by atoms with van der Waals surface area (Å²) in [6, 6.07) is 8.34. The number of aliphatic hydroxyl groups is 1. The minimum atomic E-state index is -0.0746. The van der Waals surface area contributed by atoms with Gasteiger partial charge in [0.25, 0.3) is 0 Å². The van der Waals surface area contributed by atoms with Crippen molar-refractivity contribution < 1.29 is 5.11 Å². The molecule has 0 aliphatic carbocycles. The van der Waals surface area contributed by atoms with Crippen molar-refractivity contribution in [2.24, 2.45) is 5.92 Å². The van der Waals surface area contributed by atoms with Crippen LogP contribution in [0.15, 0.2) is 24.3 Å². The quantitative estimate of drug-likeness (QED) is 0.842. The molecule has 0 aromatic heterocycles. The third-order valence-electron chi connectivity index (χ3n) is 3.93. The van der Waals surface area contributed by atoms with Crippen molar-refractivity contribution in [2.45, 2.75) is 32.7 Å². The largest absolute Gasteiger partial charge is 0.384 e. The summed E-state index contributed by atoms with van der Waals surface area (Å²) in [6.45, 7) is 5.67. The van der Waals surface area contributed by atoms with E-state index in [1.54, 1.807) is 0 Å². The van der Waals surface area contributed by atoms with Crippen LogP contribution in [0.4, 0.5) is 0 Å². The Bertz CT molecular complexity index is 450. The Morgan fingerprint density at radius 1 is 1.32 bits per heavy atom. The summed E-state index contributed by atoms with van der Waals surface area (Å²) in [6.07, 6.45) is 3.99. The van der Waals surface area contributed by atoms with Crippen LogP contribution in [-0.2, 0) is 6.54 Å². The van der Waals surface area contributed by atoms with E-state index in [-0.39, 0.29) is 6.61 Å². The molecule has 2 nitrogen and oxygen atoms in total. The van der Waals surface area contributed by atoms with E-state index in [9.17, 15) is 0 Å². The molecular formula is C17H23NO. The van der Waals surface area contributed by atoms with Gasteiger partial charge in [0.2, 0.25) is 0 Å². The first-order valence-corrected chi connectivity index (χ1v) is 7.23. The highest BCUT2D eigenvalue weighted by molar-refractivity contribution is 5.37. The van der Waals surface area contributed by atoms with Gasteiger partial charge in [-0.05, 0) is 49.5 Å². The monoisotopic (exact) mass is 257 g/mol. The van der Waals surface area contributed by atoms with Crippen molar-refractivity contribution >= 4 is 0 Å². The maximum atomic E-state index is 8.72. The fourth-order valence-electron chi connectivity index (χ4n) is 2.70. The minimum Gasteiger partial charge on any atom is -0.384 e. The van der Waals surface area contributed by atoms with Gasteiger partial charge in [-0.2, -0.15) is 0 Å². The number of benzene rings is 1. The van der Waals surface area contributed by atoms with Crippen molar-refractivity contribution in [3.05, 3.63) is 35.4 Å². The second-order valence-electron chi connectivity index (χ2n) is 5.29. The lowest BCUT2D eigenvalue weighted by atomic mass is 9.94. The summed E-state index contributed by atoms with van der Waals surface area (Å²) in [4.78, 5) is 2.53. The molecule has 0 saturated carbocycles. The smallest absolute Gasteiger partial charge is 0.104 e. The Morgan fingerprint density at radius 2 is 2.11 bits per heavy atom. The van der Waals surface area contributed by atoms with Crippen LogP contribution in [0.25, 0.3) is 0 Å². The van der Waals surface area contributed by atoms with Crippen molar-refractivity contribution in [1.82, 2.24) is 4.90 Å². The van der Waals surface area contributed by atoms with E-state index in [2.05, 4.69) is 41.9 Å². The molecule has 1 saturated heterocycles. The molecule has 1 heterocycles. The molecule has 1 aliphatic heterocycles. The lowest BCUT2D eigenvalue weighted by Gasteiger charge is -2.31. The average molecular weight is 257 g/mol. The highest BCUT2D eigenvalue weighted by Crippen LogP contribution is 2.21. The maximum Gasteiger partial charge on any atom is 0.104 e. The number of nitrogens with zero attached hydrogens (tertiary/aromatic N) is 1. The fraction of sp³-hybridized carbons (Fsp3) is 0.529. The molecule has 1 aliphatic rings. The molecule has 1 fully saturated rings. The number of rotatable bonds is 3. The zero-order valence-electron chi connectivity index (χ0n) is 11.7. The van der Waals surface area contributed by atoms with Gasteiger partial charge in [0.05, 0.1) is 0 Å². The summed E-state index contributed by atoms with van der Waals surface area (Å²) >= 11 is 0. The van der Waals surface area contributed by atoms with Crippen molar-refractivity contribution in [3.63, 3.8) is 0 Å². The van der Waals surface area contributed by atoms with Gasteiger partial charge < -0.3 is 5.11 Å². The summed E-state index contributed by atoms with van der Waals surface area (Å²) in [5, 5.41) is 8.72. The predicted octanol–water partition coefficient (Wildman–Crippen LogP) is 2.65. The molecule has 2 heteroatoms. The normalized spacial score (nSPS) is 16.9. The molecule has 0 radical (unpaired) electrons. The molecule has 1 aromatic rings. The zero-order chi connectivity index (χ0) is 13.5. The van der Waals surface area contributed by atoms with Crippen molar-refractivity contribution in [2.75, 3.05) is 19.7 Å². The maximum absolute atomic E-state index is 8.72.